The van der Waals surface area contributed by atoms with Gasteiger partial charge in [0.1, 0.15) is 5.75 Å². The summed E-state index contributed by atoms with van der Waals surface area (Å²) in [6, 6.07) is 13.0. The van der Waals surface area contributed by atoms with Crippen LogP contribution in [0.5, 0.6) is 5.75 Å². The molecule has 7 heteroatoms. The van der Waals surface area contributed by atoms with Crippen LogP contribution < -0.4 is 21.1 Å². The predicted molar refractivity (Wildman–Crippen MR) is 109 cm³/mol. The van der Waals surface area contributed by atoms with Crippen LogP contribution in [0.15, 0.2) is 48.5 Å². The SMILES string of the molecule is NC(=O)NC(CC(=O)Nc1cccc(OC2CCCC2)c1)c1ccccc1Cl. The minimum atomic E-state index is -0.718. The zero-order valence-electron chi connectivity index (χ0n) is 15.5. The van der Waals surface area contributed by atoms with E-state index in [0.29, 0.717) is 16.3 Å². The second kappa shape index (κ2) is 9.46. The van der Waals surface area contributed by atoms with E-state index in [-0.39, 0.29) is 18.4 Å². The molecule has 6 nitrogen and oxygen atoms in total. The van der Waals surface area contributed by atoms with Gasteiger partial charge in [-0.25, -0.2) is 4.79 Å². The first-order valence-corrected chi connectivity index (χ1v) is 9.76. The van der Waals surface area contributed by atoms with Crippen LogP contribution >= 0.6 is 11.6 Å². The molecular weight excluding hydrogens is 378 g/mol. The molecule has 0 radical (unpaired) electrons. The van der Waals surface area contributed by atoms with E-state index >= 15 is 0 Å². The Kier molecular flexibility index (Phi) is 6.76. The van der Waals surface area contributed by atoms with Crippen molar-refractivity contribution in [2.24, 2.45) is 5.73 Å². The number of benzene rings is 2. The zero-order chi connectivity index (χ0) is 19.9. The first-order chi connectivity index (χ1) is 13.5. The second-order valence-electron chi connectivity index (χ2n) is 6.89. The standard InChI is InChI=1S/C21H24ClN3O3/c22-18-11-4-3-10-17(18)19(25-21(23)27)13-20(26)24-14-6-5-9-16(12-14)28-15-7-1-2-8-15/h3-6,9-12,15,19H,1-2,7-8,13H2,(H,24,26)(H3,23,25,27). The lowest BCUT2D eigenvalue weighted by Crippen LogP contribution is -2.35. The molecule has 1 unspecified atom stereocenters. The van der Waals surface area contributed by atoms with Gasteiger partial charge in [0.2, 0.25) is 5.91 Å². The van der Waals surface area contributed by atoms with E-state index in [1.54, 1.807) is 30.3 Å². The van der Waals surface area contributed by atoms with Gasteiger partial charge in [0, 0.05) is 16.8 Å². The lowest BCUT2D eigenvalue weighted by Gasteiger charge is -2.19. The van der Waals surface area contributed by atoms with Gasteiger partial charge in [-0.1, -0.05) is 35.9 Å². The van der Waals surface area contributed by atoms with Gasteiger partial charge in [-0.15, -0.1) is 0 Å². The summed E-state index contributed by atoms with van der Waals surface area (Å²) >= 11 is 6.21. The van der Waals surface area contributed by atoms with Crippen molar-refractivity contribution in [3.05, 3.63) is 59.1 Å². The van der Waals surface area contributed by atoms with Crippen LogP contribution in [0, 0.1) is 0 Å². The quantitative estimate of drug-likeness (QED) is 0.641. The molecular formula is C21H24ClN3O3. The average molecular weight is 402 g/mol. The van der Waals surface area contributed by atoms with Crippen molar-refractivity contribution in [1.82, 2.24) is 5.32 Å². The zero-order valence-corrected chi connectivity index (χ0v) is 16.2. The van der Waals surface area contributed by atoms with E-state index in [0.717, 1.165) is 18.6 Å². The molecule has 1 saturated carbocycles. The molecule has 1 fully saturated rings. The summed E-state index contributed by atoms with van der Waals surface area (Å²) in [6.07, 6.45) is 4.76. The molecule has 0 aromatic heterocycles. The van der Waals surface area contributed by atoms with Crippen molar-refractivity contribution < 1.29 is 14.3 Å². The topological polar surface area (TPSA) is 93.5 Å². The number of urea groups is 1. The Balaban J connectivity index is 1.65. The fraction of sp³-hybridized carbons (Fsp3) is 0.333. The Morgan fingerprint density at radius 1 is 1.14 bits per heavy atom. The van der Waals surface area contributed by atoms with E-state index in [1.807, 2.05) is 18.2 Å². The van der Waals surface area contributed by atoms with Gasteiger partial charge in [-0.3, -0.25) is 4.79 Å². The number of amides is 3. The van der Waals surface area contributed by atoms with Crippen molar-refractivity contribution in [2.45, 2.75) is 44.2 Å². The number of nitrogens with one attached hydrogen (secondary N) is 2. The Morgan fingerprint density at radius 3 is 2.61 bits per heavy atom. The van der Waals surface area contributed by atoms with Crippen LogP contribution in [0.4, 0.5) is 10.5 Å². The number of hydrogen-bond acceptors (Lipinski definition) is 3. The summed E-state index contributed by atoms with van der Waals surface area (Å²) < 4.78 is 5.97. The van der Waals surface area contributed by atoms with Crippen molar-refractivity contribution in [3.63, 3.8) is 0 Å². The first kappa shape index (κ1) is 20.0. The summed E-state index contributed by atoms with van der Waals surface area (Å²) in [6.45, 7) is 0. The molecule has 0 saturated heterocycles. The molecule has 3 amide bonds. The summed E-state index contributed by atoms with van der Waals surface area (Å²) in [7, 11) is 0. The van der Waals surface area contributed by atoms with Crippen LogP contribution in [0.3, 0.4) is 0 Å². The molecule has 1 atom stereocenters. The first-order valence-electron chi connectivity index (χ1n) is 9.38. The van der Waals surface area contributed by atoms with E-state index < -0.39 is 12.1 Å². The van der Waals surface area contributed by atoms with Gasteiger partial charge < -0.3 is 21.1 Å². The maximum absolute atomic E-state index is 12.6. The minimum Gasteiger partial charge on any atom is -0.490 e. The number of ether oxygens (including phenoxy) is 1. The summed E-state index contributed by atoms with van der Waals surface area (Å²) in [4.78, 5) is 23.9. The highest BCUT2D eigenvalue weighted by molar-refractivity contribution is 6.31. The van der Waals surface area contributed by atoms with Crippen LogP contribution in [0.1, 0.15) is 43.7 Å². The lowest BCUT2D eigenvalue weighted by molar-refractivity contribution is -0.116. The molecule has 3 rings (SSSR count). The molecule has 0 aliphatic heterocycles. The van der Waals surface area contributed by atoms with Gasteiger partial charge in [0.05, 0.1) is 18.6 Å². The third-order valence-electron chi connectivity index (χ3n) is 4.71. The Labute approximate surface area is 169 Å². The van der Waals surface area contributed by atoms with E-state index in [4.69, 9.17) is 22.1 Å². The number of carbonyl (C=O) groups is 2. The number of anilines is 1. The fourth-order valence-corrected chi connectivity index (χ4v) is 3.68. The van der Waals surface area contributed by atoms with Crippen molar-refractivity contribution in [2.75, 3.05) is 5.32 Å². The van der Waals surface area contributed by atoms with E-state index in [9.17, 15) is 9.59 Å². The minimum absolute atomic E-state index is 0.000380. The second-order valence-corrected chi connectivity index (χ2v) is 7.29. The third-order valence-corrected chi connectivity index (χ3v) is 5.05. The van der Waals surface area contributed by atoms with Gasteiger partial charge in [0.25, 0.3) is 0 Å². The molecule has 2 aromatic rings. The van der Waals surface area contributed by atoms with Crippen LogP contribution in [-0.2, 0) is 4.79 Å². The summed E-state index contributed by atoms with van der Waals surface area (Å²) in [5.41, 5.74) is 6.54. The van der Waals surface area contributed by atoms with Crippen molar-refractivity contribution >= 4 is 29.2 Å². The molecule has 1 aliphatic carbocycles. The van der Waals surface area contributed by atoms with Crippen LogP contribution in [0.2, 0.25) is 5.02 Å². The molecule has 28 heavy (non-hydrogen) atoms. The number of rotatable bonds is 7. The molecule has 4 N–H and O–H groups in total. The maximum Gasteiger partial charge on any atom is 0.312 e. The molecule has 148 valence electrons. The van der Waals surface area contributed by atoms with Crippen LogP contribution in [0.25, 0.3) is 0 Å². The Morgan fingerprint density at radius 2 is 1.89 bits per heavy atom. The monoisotopic (exact) mass is 401 g/mol. The fourth-order valence-electron chi connectivity index (χ4n) is 3.41. The predicted octanol–water partition coefficient (Wildman–Crippen LogP) is 4.40. The largest absolute Gasteiger partial charge is 0.490 e. The smallest absolute Gasteiger partial charge is 0.312 e. The molecule has 1 aliphatic rings. The highest BCUT2D eigenvalue weighted by Crippen LogP contribution is 2.27. The van der Waals surface area contributed by atoms with Crippen molar-refractivity contribution in [3.8, 4) is 5.75 Å². The lowest BCUT2D eigenvalue weighted by atomic mass is 10.0. The van der Waals surface area contributed by atoms with Crippen LogP contribution in [-0.4, -0.2) is 18.0 Å². The number of nitrogens with two attached hydrogens (primary N) is 1. The third kappa shape index (κ3) is 5.63. The Hall–Kier alpha value is -2.73. The van der Waals surface area contributed by atoms with Gasteiger partial charge in [0.15, 0.2) is 0 Å². The summed E-state index contributed by atoms with van der Waals surface area (Å²) in [5, 5.41) is 5.89. The van der Waals surface area contributed by atoms with E-state index in [2.05, 4.69) is 10.6 Å². The molecule has 0 bridgehead atoms. The maximum atomic E-state index is 12.6. The normalized spacial score (nSPS) is 15.0. The highest BCUT2D eigenvalue weighted by Gasteiger charge is 2.20. The van der Waals surface area contributed by atoms with E-state index in [1.165, 1.54) is 12.8 Å². The van der Waals surface area contributed by atoms with Gasteiger partial charge in [-0.05, 0) is 49.4 Å². The molecule has 2 aromatic carbocycles. The Bertz CT molecular complexity index is 837. The number of primary amides is 1. The van der Waals surface area contributed by atoms with Gasteiger partial charge in [-0.2, -0.15) is 0 Å². The molecule has 0 heterocycles. The number of carbonyl (C=O) groups excluding carboxylic acids is 2. The van der Waals surface area contributed by atoms with Crippen molar-refractivity contribution in [1.29, 1.82) is 0 Å². The summed E-state index contributed by atoms with van der Waals surface area (Å²) in [5.74, 6) is 0.472. The highest BCUT2D eigenvalue weighted by atomic mass is 35.5. The average Bonchev–Trinajstić information content (AvgIpc) is 3.14. The molecule has 0 spiro atoms. The number of hydrogen-bond donors (Lipinski definition) is 3. The van der Waals surface area contributed by atoms with Gasteiger partial charge >= 0.3 is 6.03 Å². The number of halogens is 1.